The fourth-order valence-electron chi connectivity index (χ4n) is 3.09. The van der Waals surface area contributed by atoms with Gasteiger partial charge in [-0.15, -0.1) is 0 Å². The highest BCUT2D eigenvalue weighted by atomic mass is 35.5. The molecule has 14 heteroatoms. The molecule has 36 heavy (non-hydrogen) atoms. The normalized spacial score (nSPS) is 11.7. The summed E-state index contributed by atoms with van der Waals surface area (Å²) in [7, 11) is -4.76. The summed E-state index contributed by atoms with van der Waals surface area (Å²) in [4.78, 5) is 22.4. The highest BCUT2D eigenvalue weighted by molar-refractivity contribution is 7.92. The van der Waals surface area contributed by atoms with Crippen LogP contribution in [-0.4, -0.2) is 25.8 Å². The van der Waals surface area contributed by atoms with E-state index in [4.69, 9.17) is 23.2 Å². The number of nitro groups is 1. The number of nitrogens with zero attached hydrogens (tertiary/aromatic N) is 2. The smallest absolute Gasteiger partial charge is 0.350 e. The topological polar surface area (TPSA) is 110 Å². The van der Waals surface area contributed by atoms with Crippen molar-refractivity contribution in [1.82, 2.24) is 5.32 Å². The largest absolute Gasteiger partial charge is 0.416 e. The van der Waals surface area contributed by atoms with Gasteiger partial charge in [0.1, 0.15) is 11.6 Å². The van der Waals surface area contributed by atoms with Crippen LogP contribution in [0.5, 0.6) is 0 Å². The molecular formula is C22H16Cl2F3N3O5S. The van der Waals surface area contributed by atoms with Crippen LogP contribution >= 0.6 is 23.2 Å². The summed E-state index contributed by atoms with van der Waals surface area (Å²) in [6, 6.07) is 12.5. The van der Waals surface area contributed by atoms with E-state index in [2.05, 4.69) is 5.32 Å². The number of halogens is 5. The van der Waals surface area contributed by atoms with Gasteiger partial charge in [-0.2, -0.15) is 13.2 Å². The van der Waals surface area contributed by atoms with Gasteiger partial charge in [-0.25, -0.2) is 8.42 Å². The van der Waals surface area contributed by atoms with Crippen LogP contribution in [0.3, 0.4) is 0 Å². The number of amides is 1. The quantitative estimate of drug-likeness (QED) is 0.291. The van der Waals surface area contributed by atoms with Gasteiger partial charge in [0, 0.05) is 17.6 Å². The van der Waals surface area contributed by atoms with Crippen molar-refractivity contribution in [1.29, 1.82) is 0 Å². The molecule has 0 atom stereocenters. The Balaban J connectivity index is 2.02. The molecule has 0 unspecified atom stereocenters. The number of nitrogens with one attached hydrogen (secondary N) is 1. The number of sulfonamides is 1. The lowest BCUT2D eigenvalue weighted by Crippen LogP contribution is -2.40. The number of rotatable bonds is 8. The molecule has 0 aliphatic heterocycles. The Hall–Kier alpha value is -3.35. The molecule has 3 rings (SSSR count). The molecule has 0 bridgehead atoms. The minimum absolute atomic E-state index is 0.0819. The van der Waals surface area contributed by atoms with E-state index in [1.54, 1.807) is 24.3 Å². The van der Waals surface area contributed by atoms with E-state index in [1.807, 2.05) is 0 Å². The van der Waals surface area contributed by atoms with Crippen molar-refractivity contribution in [3.05, 3.63) is 98.0 Å². The first-order chi connectivity index (χ1) is 16.8. The van der Waals surface area contributed by atoms with Crippen LogP contribution in [0.15, 0.2) is 71.6 Å². The maximum absolute atomic E-state index is 13.4. The fourth-order valence-corrected chi connectivity index (χ4v) is 4.92. The van der Waals surface area contributed by atoms with E-state index in [1.165, 1.54) is 0 Å². The number of nitro benzene ring substituents is 1. The highest BCUT2D eigenvalue weighted by Gasteiger charge is 2.34. The van der Waals surface area contributed by atoms with Gasteiger partial charge in [0.2, 0.25) is 5.91 Å². The molecule has 0 radical (unpaired) electrons. The summed E-state index contributed by atoms with van der Waals surface area (Å²) in [5.74, 6) is -0.862. The van der Waals surface area contributed by atoms with Crippen LogP contribution in [-0.2, 0) is 27.5 Å². The van der Waals surface area contributed by atoms with Gasteiger partial charge in [0.25, 0.3) is 15.7 Å². The number of anilines is 1. The third-order valence-corrected chi connectivity index (χ3v) is 7.34. The summed E-state index contributed by atoms with van der Waals surface area (Å²) >= 11 is 11.8. The van der Waals surface area contributed by atoms with Crippen LogP contribution in [0.25, 0.3) is 0 Å². The molecule has 3 aromatic carbocycles. The molecule has 0 fully saturated rings. The average Bonchev–Trinajstić information content (AvgIpc) is 2.81. The molecule has 190 valence electrons. The first kappa shape index (κ1) is 27.2. The predicted octanol–water partition coefficient (Wildman–Crippen LogP) is 5.43. The van der Waals surface area contributed by atoms with Crippen molar-refractivity contribution in [2.75, 3.05) is 10.8 Å². The molecule has 0 saturated heterocycles. The summed E-state index contributed by atoms with van der Waals surface area (Å²) in [5.41, 5.74) is -1.84. The average molecular weight is 562 g/mol. The van der Waals surface area contributed by atoms with Crippen LogP contribution in [0, 0.1) is 10.1 Å². The summed E-state index contributed by atoms with van der Waals surface area (Å²) in [6.45, 7) is -1.01. The Bertz CT molecular complexity index is 1420. The lowest BCUT2D eigenvalue weighted by molar-refractivity contribution is -0.384. The Labute approximate surface area is 213 Å². The molecule has 8 nitrogen and oxygen atoms in total. The second-order valence-corrected chi connectivity index (χ2v) is 9.97. The highest BCUT2D eigenvalue weighted by Crippen LogP contribution is 2.34. The lowest BCUT2D eigenvalue weighted by Gasteiger charge is -2.25. The number of hydrogen-bond donors (Lipinski definition) is 1. The number of alkyl halides is 3. The summed E-state index contributed by atoms with van der Waals surface area (Å²) in [6.07, 6.45) is -4.79. The molecule has 0 aliphatic carbocycles. The zero-order valence-electron chi connectivity index (χ0n) is 18.0. The Morgan fingerprint density at radius 3 is 2.33 bits per heavy atom. The molecule has 0 spiro atoms. The third kappa shape index (κ3) is 6.25. The summed E-state index contributed by atoms with van der Waals surface area (Å²) in [5, 5.41) is 13.7. The van der Waals surface area contributed by atoms with E-state index in [9.17, 15) is 36.5 Å². The van der Waals surface area contributed by atoms with E-state index in [0.29, 0.717) is 27.0 Å². The third-order valence-electron chi connectivity index (χ3n) is 4.88. The van der Waals surface area contributed by atoms with E-state index < -0.39 is 55.4 Å². The molecule has 1 N–H and O–H groups in total. The van der Waals surface area contributed by atoms with Crippen molar-refractivity contribution >= 4 is 50.5 Å². The molecule has 0 saturated carbocycles. The van der Waals surface area contributed by atoms with Crippen LogP contribution in [0.4, 0.5) is 24.5 Å². The Morgan fingerprint density at radius 2 is 1.69 bits per heavy atom. The van der Waals surface area contributed by atoms with Crippen molar-refractivity contribution in [2.45, 2.75) is 17.6 Å². The fraction of sp³-hybridized carbons (Fsp3) is 0.136. The van der Waals surface area contributed by atoms with Crippen LogP contribution < -0.4 is 9.62 Å². The second-order valence-electron chi connectivity index (χ2n) is 7.30. The van der Waals surface area contributed by atoms with E-state index in [0.717, 1.165) is 30.3 Å². The zero-order valence-corrected chi connectivity index (χ0v) is 20.3. The Morgan fingerprint density at radius 1 is 1.00 bits per heavy atom. The van der Waals surface area contributed by atoms with Crippen LogP contribution in [0.2, 0.25) is 10.0 Å². The standard InChI is InChI=1S/C22H16Cl2F3N3O5S/c23-18-7-2-1-4-14(18)12-28-21(31)13-29(16-6-3-5-15(10-16)22(25,26)27)36(34,35)17-8-9-19(24)20(11-17)30(32)33/h1-11H,12-13H2,(H,28,31). The maximum Gasteiger partial charge on any atom is 0.416 e. The van der Waals surface area contributed by atoms with Crippen molar-refractivity contribution in [3.63, 3.8) is 0 Å². The lowest BCUT2D eigenvalue weighted by atomic mass is 10.2. The second kappa shape index (κ2) is 10.7. The number of benzene rings is 3. The van der Waals surface area contributed by atoms with Gasteiger partial charge in [0.05, 0.1) is 21.1 Å². The van der Waals surface area contributed by atoms with Crippen molar-refractivity contribution in [2.24, 2.45) is 0 Å². The van der Waals surface area contributed by atoms with Crippen molar-refractivity contribution < 1.29 is 31.3 Å². The monoisotopic (exact) mass is 561 g/mol. The van der Waals surface area contributed by atoms with Gasteiger partial charge >= 0.3 is 6.18 Å². The predicted molar refractivity (Wildman–Crippen MR) is 127 cm³/mol. The van der Waals surface area contributed by atoms with Crippen LogP contribution in [0.1, 0.15) is 11.1 Å². The summed E-state index contributed by atoms with van der Waals surface area (Å²) < 4.78 is 67.2. The van der Waals surface area contributed by atoms with E-state index in [-0.39, 0.29) is 11.6 Å². The zero-order chi connectivity index (χ0) is 26.7. The van der Waals surface area contributed by atoms with Gasteiger partial charge in [-0.3, -0.25) is 19.2 Å². The minimum atomic E-state index is -4.79. The van der Waals surface area contributed by atoms with E-state index >= 15 is 0 Å². The molecular weight excluding hydrogens is 546 g/mol. The molecule has 0 aliphatic rings. The Kier molecular flexibility index (Phi) is 8.12. The SMILES string of the molecule is O=C(CN(c1cccc(C(F)(F)F)c1)S(=O)(=O)c1ccc(Cl)c([N+](=O)[O-])c1)NCc1ccccc1Cl. The molecule has 1 amide bonds. The first-order valence-electron chi connectivity index (χ1n) is 9.95. The molecule has 0 aromatic heterocycles. The number of carbonyl (C=O) groups is 1. The van der Waals surface area contributed by atoms with Gasteiger partial charge in [0.15, 0.2) is 0 Å². The van der Waals surface area contributed by atoms with Gasteiger partial charge < -0.3 is 5.32 Å². The minimum Gasteiger partial charge on any atom is -0.350 e. The number of carbonyl (C=O) groups excluding carboxylic acids is 1. The van der Waals surface area contributed by atoms with Gasteiger partial charge in [-0.1, -0.05) is 47.5 Å². The maximum atomic E-state index is 13.4. The van der Waals surface area contributed by atoms with Crippen molar-refractivity contribution in [3.8, 4) is 0 Å². The molecule has 3 aromatic rings. The molecule has 0 heterocycles. The van der Waals surface area contributed by atoms with Gasteiger partial charge in [-0.05, 0) is 42.0 Å². The first-order valence-corrected chi connectivity index (χ1v) is 12.1. The number of hydrogen-bond acceptors (Lipinski definition) is 5.